The minimum absolute atomic E-state index is 0.199. The summed E-state index contributed by atoms with van der Waals surface area (Å²) in [6.07, 6.45) is -2.08. The number of likely N-dealkylation sites (N-methyl/N-ethyl adjacent to an activating group) is 1. The monoisotopic (exact) mass is 429 g/mol. The molecule has 170 valence electrons. The van der Waals surface area contributed by atoms with Crippen LogP contribution in [0.3, 0.4) is 0 Å². The lowest BCUT2D eigenvalue weighted by molar-refractivity contribution is -0.153. The first-order valence-electron chi connectivity index (χ1n) is 10.6. The van der Waals surface area contributed by atoms with Crippen molar-refractivity contribution in [2.45, 2.75) is 32.5 Å². The maximum Gasteiger partial charge on any atom is 0.422 e. The fourth-order valence-corrected chi connectivity index (χ4v) is 3.20. The van der Waals surface area contributed by atoms with Gasteiger partial charge in [0.2, 0.25) is 0 Å². The Morgan fingerprint density at radius 1 is 1.10 bits per heavy atom. The number of alkyl halides is 3. The molecule has 0 aromatic heterocycles. The molecule has 0 aliphatic carbocycles. The van der Waals surface area contributed by atoms with Crippen LogP contribution in [-0.2, 0) is 6.54 Å². The first kappa shape index (κ1) is 24.3. The van der Waals surface area contributed by atoms with Gasteiger partial charge in [0.05, 0.1) is 6.54 Å². The number of halogens is 3. The number of guanidine groups is 1. The Kier molecular flexibility index (Phi) is 10.2. The van der Waals surface area contributed by atoms with E-state index >= 15 is 0 Å². The van der Waals surface area contributed by atoms with Crippen LogP contribution in [0.5, 0.6) is 5.75 Å². The van der Waals surface area contributed by atoms with Crippen LogP contribution >= 0.6 is 0 Å². The molecule has 1 heterocycles. The highest BCUT2D eigenvalue weighted by molar-refractivity contribution is 5.79. The smallest absolute Gasteiger partial charge is 0.422 e. The van der Waals surface area contributed by atoms with Crippen LogP contribution in [0.2, 0.25) is 0 Å². The Hall–Kier alpha value is -2.00. The fourth-order valence-electron chi connectivity index (χ4n) is 3.20. The van der Waals surface area contributed by atoms with Crippen LogP contribution in [0, 0.1) is 0 Å². The van der Waals surface area contributed by atoms with E-state index in [0.717, 1.165) is 57.2 Å². The molecule has 1 aliphatic rings. The van der Waals surface area contributed by atoms with Crippen molar-refractivity contribution >= 4 is 5.96 Å². The highest BCUT2D eigenvalue weighted by atomic mass is 19.4. The summed E-state index contributed by atoms with van der Waals surface area (Å²) in [6, 6.07) is 6.54. The third-order valence-electron chi connectivity index (χ3n) is 4.85. The quantitative estimate of drug-likeness (QED) is 0.359. The largest absolute Gasteiger partial charge is 0.484 e. The minimum Gasteiger partial charge on any atom is -0.484 e. The molecule has 0 atom stereocenters. The molecule has 1 aliphatic heterocycles. The number of hydrogen-bond donors (Lipinski definition) is 2. The molecule has 2 rings (SSSR count). The zero-order valence-electron chi connectivity index (χ0n) is 18.0. The zero-order valence-corrected chi connectivity index (χ0v) is 18.0. The first-order chi connectivity index (χ1) is 14.4. The van der Waals surface area contributed by atoms with Gasteiger partial charge in [0.15, 0.2) is 12.6 Å². The molecule has 1 saturated heterocycles. The first-order valence-corrected chi connectivity index (χ1v) is 10.6. The molecule has 9 heteroatoms. The van der Waals surface area contributed by atoms with Crippen molar-refractivity contribution in [3.8, 4) is 5.75 Å². The average Bonchev–Trinajstić information content (AvgIpc) is 2.92. The number of benzene rings is 1. The lowest BCUT2D eigenvalue weighted by Gasteiger charge is -2.20. The van der Waals surface area contributed by atoms with Crippen molar-refractivity contribution in [2.24, 2.45) is 4.99 Å². The van der Waals surface area contributed by atoms with Gasteiger partial charge in [-0.25, -0.2) is 4.99 Å². The summed E-state index contributed by atoms with van der Waals surface area (Å²) in [6.45, 7) is 8.39. The van der Waals surface area contributed by atoms with Gasteiger partial charge in [-0.2, -0.15) is 13.2 Å². The molecule has 0 unspecified atom stereocenters. The lowest BCUT2D eigenvalue weighted by Crippen LogP contribution is -2.39. The molecule has 0 amide bonds. The van der Waals surface area contributed by atoms with E-state index in [4.69, 9.17) is 4.74 Å². The van der Waals surface area contributed by atoms with Gasteiger partial charge >= 0.3 is 6.18 Å². The van der Waals surface area contributed by atoms with Gasteiger partial charge < -0.3 is 25.2 Å². The van der Waals surface area contributed by atoms with Crippen LogP contribution in [0.1, 0.15) is 25.3 Å². The van der Waals surface area contributed by atoms with Gasteiger partial charge in [0.1, 0.15) is 5.75 Å². The highest BCUT2D eigenvalue weighted by Gasteiger charge is 2.28. The number of hydrogen-bond acceptors (Lipinski definition) is 4. The second-order valence-electron chi connectivity index (χ2n) is 7.52. The van der Waals surface area contributed by atoms with Gasteiger partial charge in [-0.05, 0) is 64.1 Å². The predicted molar refractivity (Wildman–Crippen MR) is 114 cm³/mol. The summed E-state index contributed by atoms with van der Waals surface area (Å²) < 4.78 is 41.4. The standard InChI is InChI=1S/C21H34F3N5O/c1-3-25-20(26-10-4-12-29-13-5-11-28(2)14-15-29)27-16-18-6-8-19(9-7-18)30-17-21(22,23)24/h6-9H,3-5,10-17H2,1-2H3,(H2,25,26,27). The summed E-state index contributed by atoms with van der Waals surface area (Å²) in [5.41, 5.74) is 0.903. The van der Waals surface area contributed by atoms with E-state index in [-0.39, 0.29) is 5.75 Å². The van der Waals surface area contributed by atoms with E-state index in [0.29, 0.717) is 6.54 Å². The third kappa shape index (κ3) is 10.2. The molecule has 30 heavy (non-hydrogen) atoms. The lowest BCUT2D eigenvalue weighted by atomic mass is 10.2. The molecule has 1 aromatic rings. The molecule has 0 spiro atoms. The van der Waals surface area contributed by atoms with Crippen LogP contribution in [0.4, 0.5) is 13.2 Å². The van der Waals surface area contributed by atoms with E-state index in [1.54, 1.807) is 12.1 Å². The average molecular weight is 430 g/mol. The van der Waals surface area contributed by atoms with Gasteiger partial charge in [-0.15, -0.1) is 0 Å². The molecule has 6 nitrogen and oxygen atoms in total. The van der Waals surface area contributed by atoms with E-state index in [1.165, 1.54) is 25.1 Å². The summed E-state index contributed by atoms with van der Waals surface area (Å²) in [5.74, 6) is 0.940. The third-order valence-corrected chi connectivity index (χ3v) is 4.85. The summed E-state index contributed by atoms with van der Waals surface area (Å²) in [7, 11) is 2.17. The van der Waals surface area contributed by atoms with Crippen molar-refractivity contribution in [3.05, 3.63) is 29.8 Å². The van der Waals surface area contributed by atoms with Crippen molar-refractivity contribution in [1.82, 2.24) is 20.4 Å². The van der Waals surface area contributed by atoms with E-state index in [9.17, 15) is 13.2 Å². The number of nitrogens with one attached hydrogen (secondary N) is 2. The molecular formula is C21H34F3N5O. The highest BCUT2D eigenvalue weighted by Crippen LogP contribution is 2.19. The van der Waals surface area contributed by atoms with Crippen molar-refractivity contribution in [3.63, 3.8) is 0 Å². The van der Waals surface area contributed by atoms with Gasteiger partial charge in [-0.3, -0.25) is 0 Å². The minimum atomic E-state index is -4.33. The summed E-state index contributed by atoms with van der Waals surface area (Å²) in [5, 5.41) is 6.58. The SMILES string of the molecule is CCNC(=NCc1ccc(OCC(F)(F)F)cc1)NCCCN1CCCN(C)CC1. The Bertz CT molecular complexity index is 637. The normalized spacial score (nSPS) is 16.9. The van der Waals surface area contributed by atoms with Crippen molar-refractivity contribution < 1.29 is 17.9 Å². The number of aliphatic imine (C=N–C) groups is 1. The Morgan fingerprint density at radius 3 is 2.57 bits per heavy atom. The van der Waals surface area contributed by atoms with Crippen LogP contribution in [-0.4, -0.2) is 81.4 Å². The number of ether oxygens (including phenoxy) is 1. The second-order valence-corrected chi connectivity index (χ2v) is 7.52. The predicted octanol–water partition coefficient (Wildman–Crippen LogP) is 2.71. The molecule has 0 bridgehead atoms. The van der Waals surface area contributed by atoms with E-state index in [2.05, 4.69) is 32.5 Å². The van der Waals surface area contributed by atoms with Crippen molar-refractivity contribution in [1.29, 1.82) is 0 Å². The summed E-state index contributed by atoms with van der Waals surface area (Å²) >= 11 is 0. The van der Waals surface area contributed by atoms with Gasteiger partial charge in [-0.1, -0.05) is 12.1 Å². The molecule has 1 fully saturated rings. The summed E-state index contributed by atoms with van der Waals surface area (Å²) in [4.78, 5) is 9.45. The Balaban J connectivity index is 1.74. The Morgan fingerprint density at radius 2 is 1.87 bits per heavy atom. The second kappa shape index (κ2) is 12.6. The Labute approximate surface area is 177 Å². The topological polar surface area (TPSA) is 52.1 Å². The van der Waals surface area contributed by atoms with Crippen LogP contribution in [0.25, 0.3) is 0 Å². The van der Waals surface area contributed by atoms with Gasteiger partial charge in [0.25, 0.3) is 0 Å². The maximum atomic E-state index is 12.2. The molecular weight excluding hydrogens is 395 g/mol. The van der Waals surface area contributed by atoms with Crippen molar-refractivity contribution in [2.75, 3.05) is 59.5 Å². The fraction of sp³-hybridized carbons (Fsp3) is 0.667. The van der Waals surface area contributed by atoms with E-state index < -0.39 is 12.8 Å². The molecule has 1 aromatic carbocycles. The van der Waals surface area contributed by atoms with Gasteiger partial charge in [0, 0.05) is 26.2 Å². The maximum absolute atomic E-state index is 12.2. The van der Waals surface area contributed by atoms with E-state index in [1.807, 2.05) is 6.92 Å². The zero-order chi connectivity index (χ0) is 21.8. The van der Waals surface area contributed by atoms with Crippen LogP contribution in [0.15, 0.2) is 29.3 Å². The molecule has 2 N–H and O–H groups in total. The van der Waals surface area contributed by atoms with Crippen LogP contribution < -0.4 is 15.4 Å². The number of rotatable bonds is 9. The molecule has 0 radical (unpaired) electrons. The number of nitrogens with zero attached hydrogens (tertiary/aromatic N) is 3. The molecule has 0 saturated carbocycles.